The summed E-state index contributed by atoms with van der Waals surface area (Å²) in [7, 11) is 2.59. The van der Waals surface area contributed by atoms with Gasteiger partial charge < -0.3 is 44.8 Å². The zero-order chi connectivity index (χ0) is 41.1. The first-order chi connectivity index (χ1) is 28.0. The third-order valence-electron chi connectivity index (χ3n) is 11.7. The summed E-state index contributed by atoms with van der Waals surface area (Å²) in [4.78, 5) is 73.9. The van der Waals surface area contributed by atoms with Crippen LogP contribution in [0, 0.1) is 11.8 Å². The van der Waals surface area contributed by atoms with E-state index >= 15 is 0 Å². The number of methoxy groups -OCH3 is 2. The fourth-order valence-electron chi connectivity index (χ4n) is 8.65. The molecule has 4 atom stereocenters. The molecule has 0 spiro atoms. The number of carbonyl (C=O) groups is 4. The molecule has 4 N–H and O–H groups in total. The van der Waals surface area contributed by atoms with Gasteiger partial charge in [0.05, 0.1) is 50.1 Å². The van der Waals surface area contributed by atoms with Gasteiger partial charge in [0.1, 0.15) is 23.7 Å². The maximum atomic E-state index is 13.7. The average Bonchev–Trinajstić information content (AvgIpc) is 4.07. The van der Waals surface area contributed by atoms with Crippen molar-refractivity contribution in [3.8, 4) is 22.5 Å². The largest absolute Gasteiger partial charge is 0.453 e. The maximum Gasteiger partial charge on any atom is 0.407 e. The molecule has 0 radical (unpaired) electrons. The number of imidazole rings is 2. The Kier molecular flexibility index (Phi) is 12.1. The summed E-state index contributed by atoms with van der Waals surface area (Å²) in [6.07, 6.45) is 7.61. The van der Waals surface area contributed by atoms with E-state index in [4.69, 9.17) is 19.4 Å². The normalized spacial score (nSPS) is 18.9. The maximum absolute atomic E-state index is 13.7. The molecule has 4 aromatic rings. The quantitative estimate of drug-likeness (QED) is 0.130. The minimum absolute atomic E-state index is 0.107. The summed E-state index contributed by atoms with van der Waals surface area (Å²) >= 11 is 0. The molecule has 308 valence electrons. The van der Waals surface area contributed by atoms with E-state index in [0.717, 1.165) is 90.6 Å². The first-order valence-corrected chi connectivity index (χ1v) is 20.4. The van der Waals surface area contributed by atoms with Gasteiger partial charge in [-0.3, -0.25) is 9.59 Å². The van der Waals surface area contributed by atoms with Crippen LogP contribution in [0.25, 0.3) is 22.5 Å². The average molecular weight is 794 g/mol. The summed E-state index contributed by atoms with van der Waals surface area (Å²) in [6, 6.07) is 13.0. The van der Waals surface area contributed by atoms with E-state index in [9.17, 15) is 19.2 Å². The number of hydrogen-bond acceptors (Lipinski definition) is 9. The fraction of sp³-hybridized carbons (Fsp3) is 0.488. The van der Waals surface area contributed by atoms with Crippen molar-refractivity contribution in [2.45, 2.75) is 90.4 Å². The molecule has 7 rings (SSSR count). The van der Waals surface area contributed by atoms with Crippen LogP contribution in [0.1, 0.15) is 89.1 Å². The number of rotatable bonds is 11. The molecule has 2 fully saturated rings. The smallest absolute Gasteiger partial charge is 0.407 e. The first kappa shape index (κ1) is 40.3. The highest BCUT2D eigenvalue weighted by molar-refractivity contribution is 5.87. The predicted molar refractivity (Wildman–Crippen MR) is 219 cm³/mol. The number of anilines is 2. The molecule has 2 saturated heterocycles. The van der Waals surface area contributed by atoms with E-state index in [1.54, 1.807) is 0 Å². The number of amides is 4. The molecule has 3 aliphatic rings. The summed E-state index contributed by atoms with van der Waals surface area (Å²) in [5.41, 5.74) is 7.33. The van der Waals surface area contributed by atoms with Crippen LogP contribution in [0.4, 0.5) is 21.0 Å². The number of H-pyrrole nitrogens is 2. The Bertz CT molecular complexity index is 2110. The molecule has 58 heavy (non-hydrogen) atoms. The number of nitrogens with zero attached hydrogens (tertiary/aromatic N) is 5. The van der Waals surface area contributed by atoms with Crippen molar-refractivity contribution in [3.63, 3.8) is 0 Å². The van der Waals surface area contributed by atoms with Gasteiger partial charge in [0.25, 0.3) is 0 Å². The zero-order valence-corrected chi connectivity index (χ0v) is 34.2. The lowest BCUT2D eigenvalue weighted by Gasteiger charge is -2.32. The number of likely N-dealkylation sites (tertiary alicyclic amines) is 2. The van der Waals surface area contributed by atoms with Gasteiger partial charge in [-0.1, -0.05) is 52.0 Å². The van der Waals surface area contributed by atoms with Crippen LogP contribution in [0.2, 0.25) is 0 Å². The first-order valence-electron chi connectivity index (χ1n) is 20.4. The van der Waals surface area contributed by atoms with Gasteiger partial charge >= 0.3 is 12.2 Å². The van der Waals surface area contributed by atoms with E-state index in [2.05, 4.69) is 68.0 Å². The molecule has 0 bridgehead atoms. The molecule has 2 aromatic heterocycles. The van der Waals surface area contributed by atoms with Crippen LogP contribution < -0.4 is 15.5 Å². The van der Waals surface area contributed by atoms with Crippen molar-refractivity contribution in [3.05, 3.63) is 72.1 Å². The van der Waals surface area contributed by atoms with Crippen molar-refractivity contribution in [2.75, 3.05) is 38.8 Å². The van der Waals surface area contributed by atoms with Crippen LogP contribution in [0.5, 0.6) is 0 Å². The Labute approximate surface area is 339 Å². The number of hydrogen-bond donors (Lipinski definition) is 4. The van der Waals surface area contributed by atoms with Crippen LogP contribution >= 0.6 is 0 Å². The van der Waals surface area contributed by atoms with E-state index in [-0.39, 0.29) is 35.7 Å². The van der Waals surface area contributed by atoms with E-state index in [1.807, 2.05) is 49.9 Å². The molecular weight excluding hydrogens is 739 g/mol. The minimum atomic E-state index is -0.692. The highest BCUT2D eigenvalue weighted by Gasteiger charge is 2.39. The van der Waals surface area contributed by atoms with Gasteiger partial charge in [-0.15, -0.1) is 0 Å². The lowest BCUT2D eigenvalue weighted by Crippen LogP contribution is -2.51. The Morgan fingerprint density at radius 2 is 1.24 bits per heavy atom. The molecule has 0 aliphatic carbocycles. The zero-order valence-electron chi connectivity index (χ0n) is 34.2. The number of fused-ring (bicyclic) bond motifs is 1. The fourth-order valence-corrected chi connectivity index (χ4v) is 8.65. The molecule has 0 saturated carbocycles. The van der Waals surface area contributed by atoms with Crippen LogP contribution in [-0.2, 0) is 25.5 Å². The van der Waals surface area contributed by atoms with Crippen molar-refractivity contribution >= 4 is 35.4 Å². The highest BCUT2D eigenvalue weighted by Crippen LogP contribution is 2.40. The van der Waals surface area contributed by atoms with Crippen molar-refractivity contribution in [1.29, 1.82) is 0 Å². The Morgan fingerprint density at radius 1 is 0.707 bits per heavy atom. The number of ether oxygens (including phenoxy) is 2. The monoisotopic (exact) mass is 793 g/mol. The second-order valence-corrected chi connectivity index (χ2v) is 16.1. The number of aromatic nitrogens is 4. The van der Waals surface area contributed by atoms with Gasteiger partial charge in [-0.25, -0.2) is 19.6 Å². The van der Waals surface area contributed by atoms with Crippen LogP contribution in [0.15, 0.2) is 54.9 Å². The van der Waals surface area contributed by atoms with Gasteiger partial charge in [0.15, 0.2) is 0 Å². The van der Waals surface area contributed by atoms with Crippen molar-refractivity contribution < 1.29 is 28.7 Å². The second kappa shape index (κ2) is 17.3. The molecular formula is C43H55N9O6. The molecule has 15 heteroatoms. The SMILES string of the molecule is COC(=O)N[C@H](C(=O)N1CCC[C@H]1c1ncc(-c2ccc(N3CCCc4c(-c5cnc([C@@H]6CCCN6C(=O)[C@@H](NC(=O)OC)C(C)C)[nH]5)cccc43)cc2)[nH]1)C(C)C. The van der Waals surface area contributed by atoms with Crippen LogP contribution in [-0.4, -0.2) is 99.7 Å². The standard InChI is InChI=1S/C43H55N9O6/c1-25(2)36(48-42(55)57-5)40(53)51-21-9-14-34(51)38-44-23-31(46-38)27-16-18-28(19-17-27)50-20-8-12-30-29(11-7-13-33(30)50)32-24-45-39(47-32)35-15-10-22-52(35)41(54)37(26(3)4)49-43(56)58-6/h7,11,13,16-19,23-26,34-37H,8-10,12,14-15,20-22H2,1-6H3,(H,44,46)(H,45,47)(H,48,55)(H,49,56)/t34-,35-,36-,37-/m0/s1. The minimum Gasteiger partial charge on any atom is -0.453 e. The number of carbonyl (C=O) groups excluding carboxylic acids is 4. The molecule has 3 aliphatic heterocycles. The molecule has 4 amide bonds. The Morgan fingerprint density at radius 3 is 1.78 bits per heavy atom. The van der Waals surface area contributed by atoms with Gasteiger partial charge in [0, 0.05) is 36.6 Å². The van der Waals surface area contributed by atoms with E-state index < -0.39 is 24.3 Å². The third kappa shape index (κ3) is 8.12. The predicted octanol–water partition coefficient (Wildman–Crippen LogP) is 6.64. The topological polar surface area (TPSA) is 178 Å². The van der Waals surface area contributed by atoms with Crippen molar-refractivity contribution in [1.82, 2.24) is 40.4 Å². The number of aromatic amines is 2. The second-order valence-electron chi connectivity index (χ2n) is 16.1. The number of alkyl carbamates (subject to hydrolysis) is 2. The Hall–Kier alpha value is -5.86. The van der Waals surface area contributed by atoms with E-state index in [0.29, 0.717) is 13.1 Å². The number of nitrogens with one attached hydrogen (secondary N) is 4. The molecule has 15 nitrogen and oxygen atoms in total. The Balaban J connectivity index is 1.06. The molecule has 0 unspecified atom stereocenters. The molecule has 2 aromatic carbocycles. The highest BCUT2D eigenvalue weighted by atomic mass is 16.5. The summed E-state index contributed by atoms with van der Waals surface area (Å²) in [5.74, 6) is 0.986. The van der Waals surface area contributed by atoms with Crippen LogP contribution in [0.3, 0.4) is 0 Å². The molecule has 5 heterocycles. The number of benzene rings is 2. The van der Waals surface area contributed by atoms with Gasteiger partial charge in [-0.05, 0) is 79.7 Å². The summed E-state index contributed by atoms with van der Waals surface area (Å²) < 4.78 is 9.57. The summed E-state index contributed by atoms with van der Waals surface area (Å²) in [6.45, 7) is 9.70. The van der Waals surface area contributed by atoms with Crippen molar-refractivity contribution in [2.24, 2.45) is 11.8 Å². The van der Waals surface area contributed by atoms with E-state index in [1.165, 1.54) is 19.8 Å². The summed E-state index contributed by atoms with van der Waals surface area (Å²) in [5, 5.41) is 5.43. The lowest BCUT2D eigenvalue weighted by atomic mass is 9.94. The third-order valence-corrected chi connectivity index (χ3v) is 11.7. The lowest BCUT2D eigenvalue weighted by molar-refractivity contribution is -0.136. The van der Waals surface area contributed by atoms with Gasteiger partial charge in [0.2, 0.25) is 11.8 Å². The van der Waals surface area contributed by atoms with Gasteiger partial charge in [-0.2, -0.15) is 0 Å².